The normalized spacial score (nSPS) is 26.5. The van der Waals surface area contributed by atoms with Crippen molar-refractivity contribution >= 4 is 6.03 Å². The number of nitrogens with zero attached hydrogens (tertiary/aromatic N) is 3. The lowest BCUT2D eigenvalue weighted by molar-refractivity contribution is 0.0686. The number of amides is 2. The molecule has 1 aliphatic heterocycles. The summed E-state index contributed by atoms with van der Waals surface area (Å²) in [5, 5.41) is 12.0. The van der Waals surface area contributed by atoms with Gasteiger partial charge in [-0.05, 0) is 67.7 Å². The van der Waals surface area contributed by atoms with Crippen LogP contribution in [0.3, 0.4) is 0 Å². The van der Waals surface area contributed by atoms with E-state index in [2.05, 4.69) is 16.3 Å². The van der Waals surface area contributed by atoms with E-state index >= 15 is 0 Å². The van der Waals surface area contributed by atoms with Crippen LogP contribution in [0.25, 0.3) is 0 Å². The van der Waals surface area contributed by atoms with Crippen molar-refractivity contribution in [1.82, 2.24) is 15.1 Å². The standard InChI is InChI=1S/C22H30N4O2/c1-25(22(27)24-13-17-2-3-17)21-18-6-7-19(21)15-26(14-18)10-11-28-20-8-4-16(12-23)5-9-20/h4-5,8-9,17-19,21H,2-3,6-7,10-11,13-15H2,1H3,(H,24,27). The molecule has 0 spiro atoms. The molecule has 1 N–H and O–H groups in total. The molecule has 2 bridgehead atoms. The number of fused-ring (bicyclic) bond motifs is 2. The van der Waals surface area contributed by atoms with E-state index < -0.39 is 0 Å². The zero-order valence-corrected chi connectivity index (χ0v) is 16.6. The van der Waals surface area contributed by atoms with Gasteiger partial charge in [-0.3, -0.25) is 4.90 Å². The number of ether oxygens (including phenoxy) is 1. The summed E-state index contributed by atoms with van der Waals surface area (Å²) in [6, 6.07) is 9.86. The Labute approximate surface area is 167 Å². The summed E-state index contributed by atoms with van der Waals surface area (Å²) >= 11 is 0. The molecule has 3 fully saturated rings. The van der Waals surface area contributed by atoms with E-state index in [0.717, 1.165) is 31.9 Å². The largest absolute Gasteiger partial charge is 0.492 e. The van der Waals surface area contributed by atoms with Crippen molar-refractivity contribution in [3.05, 3.63) is 29.8 Å². The zero-order valence-electron chi connectivity index (χ0n) is 16.6. The van der Waals surface area contributed by atoms with Crippen LogP contribution in [0.2, 0.25) is 0 Å². The molecule has 2 atom stereocenters. The number of carbonyl (C=O) groups excluding carboxylic acids is 1. The molecule has 2 aliphatic carbocycles. The molecule has 2 saturated carbocycles. The second kappa shape index (κ2) is 8.40. The van der Waals surface area contributed by atoms with Crippen LogP contribution in [-0.4, -0.2) is 61.7 Å². The average Bonchev–Trinajstić information content (AvgIpc) is 3.50. The van der Waals surface area contributed by atoms with Crippen LogP contribution in [0.15, 0.2) is 24.3 Å². The zero-order chi connectivity index (χ0) is 19.5. The van der Waals surface area contributed by atoms with Gasteiger partial charge in [0.1, 0.15) is 12.4 Å². The summed E-state index contributed by atoms with van der Waals surface area (Å²) < 4.78 is 5.85. The Bertz CT molecular complexity index is 711. The van der Waals surface area contributed by atoms with Gasteiger partial charge in [-0.15, -0.1) is 0 Å². The number of hydrogen-bond donors (Lipinski definition) is 1. The molecule has 0 radical (unpaired) electrons. The van der Waals surface area contributed by atoms with Crippen molar-refractivity contribution in [2.45, 2.75) is 31.7 Å². The Morgan fingerprint density at radius 2 is 1.89 bits per heavy atom. The molecule has 3 aliphatic rings. The molecule has 0 aromatic heterocycles. The SMILES string of the molecule is CN(C(=O)NCC1CC1)C1C2CCC1CN(CCOc1ccc(C#N)cc1)C2. The van der Waals surface area contributed by atoms with Gasteiger partial charge in [-0.2, -0.15) is 5.26 Å². The maximum Gasteiger partial charge on any atom is 0.317 e. The van der Waals surface area contributed by atoms with Gasteiger partial charge in [0.2, 0.25) is 0 Å². The molecule has 2 amide bonds. The summed E-state index contributed by atoms with van der Waals surface area (Å²) in [6.07, 6.45) is 4.95. The van der Waals surface area contributed by atoms with Crippen LogP contribution in [0.5, 0.6) is 5.75 Å². The summed E-state index contributed by atoms with van der Waals surface area (Å²) in [7, 11) is 1.97. The first kappa shape index (κ1) is 19.1. The highest BCUT2D eigenvalue weighted by Gasteiger charge is 2.45. The van der Waals surface area contributed by atoms with Gasteiger partial charge in [0.05, 0.1) is 11.6 Å². The molecule has 2 unspecified atom stereocenters. The maximum atomic E-state index is 12.5. The van der Waals surface area contributed by atoms with Crippen molar-refractivity contribution < 1.29 is 9.53 Å². The Hall–Kier alpha value is -2.26. The van der Waals surface area contributed by atoms with E-state index in [0.29, 0.717) is 36.0 Å². The van der Waals surface area contributed by atoms with Crippen molar-refractivity contribution in [2.75, 3.05) is 39.8 Å². The fourth-order valence-corrected chi connectivity index (χ4v) is 4.84. The predicted molar refractivity (Wildman–Crippen MR) is 107 cm³/mol. The summed E-state index contributed by atoms with van der Waals surface area (Å²) in [5.74, 6) is 2.65. The van der Waals surface area contributed by atoms with Gasteiger partial charge in [0, 0.05) is 39.3 Å². The topological polar surface area (TPSA) is 68.6 Å². The number of carbonyl (C=O) groups is 1. The van der Waals surface area contributed by atoms with Crippen LogP contribution in [-0.2, 0) is 0 Å². The third-order valence-electron chi connectivity index (χ3n) is 6.53. The Balaban J connectivity index is 1.23. The Kier molecular flexibility index (Phi) is 5.72. The van der Waals surface area contributed by atoms with Crippen LogP contribution in [0, 0.1) is 29.1 Å². The Morgan fingerprint density at radius 1 is 1.21 bits per heavy atom. The summed E-state index contributed by atoms with van der Waals surface area (Å²) in [6.45, 7) is 4.46. The van der Waals surface area contributed by atoms with Crippen molar-refractivity contribution in [2.24, 2.45) is 17.8 Å². The second-order valence-electron chi connectivity index (χ2n) is 8.57. The third kappa shape index (κ3) is 4.41. The molecular weight excluding hydrogens is 352 g/mol. The minimum atomic E-state index is 0.103. The predicted octanol–water partition coefficient (Wildman–Crippen LogP) is 2.70. The molecule has 6 heteroatoms. The molecule has 28 heavy (non-hydrogen) atoms. The summed E-state index contributed by atoms with van der Waals surface area (Å²) in [5.41, 5.74) is 0.649. The highest BCUT2D eigenvalue weighted by atomic mass is 16.5. The maximum absolute atomic E-state index is 12.5. The third-order valence-corrected chi connectivity index (χ3v) is 6.53. The van der Waals surface area contributed by atoms with E-state index in [1.54, 1.807) is 12.1 Å². The molecule has 150 valence electrons. The molecular formula is C22H30N4O2. The van der Waals surface area contributed by atoms with Gasteiger partial charge in [-0.25, -0.2) is 4.79 Å². The van der Waals surface area contributed by atoms with Gasteiger partial charge < -0.3 is 15.0 Å². The first-order valence-corrected chi connectivity index (χ1v) is 10.5. The lowest BCUT2D eigenvalue weighted by Crippen LogP contribution is -2.55. The van der Waals surface area contributed by atoms with E-state index in [1.807, 2.05) is 24.1 Å². The number of hydrogen-bond acceptors (Lipinski definition) is 4. The summed E-state index contributed by atoms with van der Waals surface area (Å²) in [4.78, 5) is 17.0. The fraction of sp³-hybridized carbons (Fsp3) is 0.636. The minimum Gasteiger partial charge on any atom is -0.492 e. The highest BCUT2D eigenvalue weighted by Crippen LogP contribution is 2.39. The lowest BCUT2D eigenvalue weighted by atomic mass is 9.91. The molecule has 4 rings (SSSR count). The molecule has 1 heterocycles. The quantitative estimate of drug-likeness (QED) is 0.787. The number of piperidine rings is 1. The first-order valence-electron chi connectivity index (χ1n) is 10.5. The van der Waals surface area contributed by atoms with E-state index in [4.69, 9.17) is 10.00 Å². The fourth-order valence-electron chi connectivity index (χ4n) is 4.84. The number of urea groups is 1. The lowest BCUT2D eigenvalue weighted by Gasteiger charge is -2.42. The number of likely N-dealkylation sites (tertiary alicyclic amines) is 1. The Morgan fingerprint density at radius 3 is 2.50 bits per heavy atom. The highest BCUT2D eigenvalue weighted by molar-refractivity contribution is 5.74. The van der Waals surface area contributed by atoms with E-state index in [-0.39, 0.29) is 6.03 Å². The molecule has 1 aromatic carbocycles. The van der Waals surface area contributed by atoms with Crippen LogP contribution < -0.4 is 10.1 Å². The number of nitrogens with one attached hydrogen (secondary N) is 1. The van der Waals surface area contributed by atoms with Crippen LogP contribution in [0.4, 0.5) is 4.79 Å². The van der Waals surface area contributed by atoms with Gasteiger partial charge in [-0.1, -0.05) is 0 Å². The van der Waals surface area contributed by atoms with E-state index in [9.17, 15) is 4.79 Å². The van der Waals surface area contributed by atoms with Crippen LogP contribution >= 0.6 is 0 Å². The molecule has 1 aromatic rings. The van der Waals surface area contributed by atoms with Crippen molar-refractivity contribution in [1.29, 1.82) is 5.26 Å². The number of benzene rings is 1. The monoisotopic (exact) mass is 382 g/mol. The van der Waals surface area contributed by atoms with Gasteiger partial charge in [0.25, 0.3) is 0 Å². The van der Waals surface area contributed by atoms with Gasteiger partial charge >= 0.3 is 6.03 Å². The van der Waals surface area contributed by atoms with Gasteiger partial charge in [0.15, 0.2) is 0 Å². The smallest absolute Gasteiger partial charge is 0.317 e. The minimum absolute atomic E-state index is 0.103. The van der Waals surface area contributed by atoms with E-state index in [1.165, 1.54) is 25.7 Å². The van der Waals surface area contributed by atoms with Crippen molar-refractivity contribution in [3.8, 4) is 11.8 Å². The molecule has 6 nitrogen and oxygen atoms in total. The first-order chi connectivity index (χ1) is 13.6. The number of rotatable bonds is 7. The number of nitriles is 1. The molecule has 1 saturated heterocycles. The van der Waals surface area contributed by atoms with Crippen LogP contribution in [0.1, 0.15) is 31.2 Å². The second-order valence-corrected chi connectivity index (χ2v) is 8.57. The van der Waals surface area contributed by atoms with Crippen molar-refractivity contribution in [3.63, 3.8) is 0 Å². The average molecular weight is 383 g/mol.